The number of ether oxygens (including phenoxy) is 1. The first-order valence-electron chi connectivity index (χ1n) is 6.48. The summed E-state index contributed by atoms with van der Waals surface area (Å²) >= 11 is 0. The second-order valence-electron chi connectivity index (χ2n) is 4.73. The van der Waals surface area contributed by atoms with Crippen LogP contribution in [0.25, 0.3) is 0 Å². The first kappa shape index (κ1) is 12.5. The summed E-state index contributed by atoms with van der Waals surface area (Å²) < 4.78 is 5.17. The summed E-state index contributed by atoms with van der Waals surface area (Å²) in [5, 5.41) is 0. The van der Waals surface area contributed by atoms with Gasteiger partial charge in [-0.2, -0.15) is 0 Å². The fourth-order valence-electron chi connectivity index (χ4n) is 2.43. The zero-order chi connectivity index (χ0) is 14.1. The maximum atomic E-state index is 12.1. The Balaban J connectivity index is 2.05. The van der Waals surface area contributed by atoms with Crippen molar-refractivity contribution in [1.29, 1.82) is 0 Å². The summed E-state index contributed by atoms with van der Waals surface area (Å²) in [6.45, 7) is 0.347. The molecule has 1 aliphatic heterocycles. The van der Waals surface area contributed by atoms with E-state index in [1.54, 1.807) is 12.0 Å². The Labute approximate surface area is 118 Å². The van der Waals surface area contributed by atoms with Gasteiger partial charge in [-0.25, -0.2) is 0 Å². The lowest BCUT2D eigenvalue weighted by atomic mass is 10.1. The van der Waals surface area contributed by atoms with E-state index in [-0.39, 0.29) is 5.91 Å². The number of para-hydroxylation sites is 2. The Morgan fingerprint density at radius 3 is 2.30 bits per heavy atom. The minimum atomic E-state index is 0.0829. The van der Waals surface area contributed by atoms with Gasteiger partial charge in [0.1, 0.15) is 12.3 Å². The van der Waals surface area contributed by atoms with E-state index in [0.717, 1.165) is 22.8 Å². The van der Waals surface area contributed by atoms with E-state index >= 15 is 0 Å². The van der Waals surface area contributed by atoms with Gasteiger partial charge in [-0.15, -0.1) is 0 Å². The normalized spacial score (nSPS) is 14.2. The average molecular weight is 268 g/mol. The van der Waals surface area contributed by atoms with Crippen LogP contribution < -0.4 is 14.5 Å². The topological polar surface area (TPSA) is 32.8 Å². The smallest absolute Gasteiger partial charge is 0.246 e. The summed E-state index contributed by atoms with van der Waals surface area (Å²) in [5.74, 6) is 0.891. The SMILES string of the molecule is COc1ccc(N2CC(=O)N(C)c3ccccc32)cc1. The number of likely N-dealkylation sites (N-methyl/N-ethyl adjacent to an activating group) is 1. The van der Waals surface area contributed by atoms with Crippen molar-refractivity contribution in [2.75, 3.05) is 30.5 Å². The minimum absolute atomic E-state index is 0.0829. The average Bonchev–Trinajstić information content (AvgIpc) is 2.51. The lowest BCUT2D eigenvalue weighted by Gasteiger charge is -2.35. The van der Waals surface area contributed by atoms with Crippen LogP contribution in [0.4, 0.5) is 17.1 Å². The summed E-state index contributed by atoms with van der Waals surface area (Å²) in [7, 11) is 3.45. The van der Waals surface area contributed by atoms with Gasteiger partial charge in [0.05, 0.1) is 18.5 Å². The molecule has 0 unspecified atom stereocenters. The molecule has 2 aromatic rings. The molecule has 102 valence electrons. The number of carbonyl (C=O) groups excluding carboxylic acids is 1. The molecule has 2 aromatic carbocycles. The first-order valence-corrected chi connectivity index (χ1v) is 6.48. The van der Waals surface area contributed by atoms with Gasteiger partial charge in [-0.05, 0) is 36.4 Å². The number of benzene rings is 2. The summed E-state index contributed by atoms with van der Waals surface area (Å²) in [5.41, 5.74) is 2.96. The van der Waals surface area contributed by atoms with E-state index in [0.29, 0.717) is 6.54 Å². The molecule has 1 aliphatic rings. The number of hydrogen-bond acceptors (Lipinski definition) is 3. The van der Waals surface area contributed by atoms with Gasteiger partial charge in [0.25, 0.3) is 0 Å². The second-order valence-corrected chi connectivity index (χ2v) is 4.73. The number of hydrogen-bond donors (Lipinski definition) is 0. The van der Waals surface area contributed by atoms with E-state index in [2.05, 4.69) is 0 Å². The predicted molar refractivity (Wildman–Crippen MR) is 79.9 cm³/mol. The van der Waals surface area contributed by atoms with Crippen LogP contribution in [0.5, 0.6) is 5.75 Å². The number of fused-ring (bicyclic) bond motifs is 1. The molecule has 0 radical (unpaired) electrons. The molecule has 4 nitrogen and oxygen atoms in total. The van der Waals surface area contributed by atoms with Gasteiger partial charge >= 0.3 is 0 Å². The number of rotatable bonds is 2. The van der Waals surface area contributed by atoms with Crippen LogP contribution in [0, 0.1) is 0 Å². The Bertz CT molecular complexity index is 637. The minimum Gasteiger partial charge on any atom is -0.497 e. The highest BCUT2D eigenvalue weighted by Crippen LogP contribution is 2.37. The highest BCUT2D eigenvalue weighted by atomic mass is 16.5. The largest absolute Gasteiger partial charge is 0.497 e. The van der Waals surface area contributed by atoms with Crippen molar-refractivity contribution in [2.45, 2.75) is 0 Å². The molecule has 0 bridgehead atoms. The number of nitrogens with zero attached hydrogens (tertiary/aromatic N) is 2. The number of carbonyl (C=O) groups is 1. The van der Waals surface area contributed by atoms with Crippen LogP contribution in [0.2, 0.25) is 0 Å². The molecule has 0 aliphatic carbocycles. The van der Waals surface area contributed by atoms with Crippen molar-refractivity contribution in [3.05, 3.63) is 48.5 Å². The Kier molecular flexibility index (Phi) is 3.06. The van der Waals surface area contributed by atoms with Crippen LogP contribution >= 0.6 is 0 Å². The van der Waals surface area contributed by atoms with Gasteiger partial charge in [0.15, 0.2) is 0 Å². The molecule has 1 heterocycles. The van der Waals surface area contributed by atoms with Crippen LogP contribution in [0.15, 0.2) is 48.5 Å². The zero-order valence-electron chi connectivity index (χ0n) is 11.5. The summed E-state index contributed by atoms with van der Waals surface area (Å²) in [6.07, 6.45) is 0. The Hall–Kier alpha value is -2.49. The predicted octanol–water partition coefficient (Wildman–Crippen LogP) is 2.81. The zero-order valence-corrected chi connectivity index (χ0v) is 11.5. The fraction of sp³-hybridized carbons (Fsp3) is 0.188. The van der Waals surface area contributed by atoms with Crippen molar-refractivity contribution >= 4 is 23.0 Å². The molecule has 1 amide bonds. The van der Waals surface area contributed by atoms with Crippen LogP contribution in [0.1, 0.15) is 0 Å². The van der Waals surface area contributed by atoms with Crippen molar-refractivity contribution in [3.8, 4) is 5.75 Å². The van der Waals surface area contributed by atoms with E-state index in [4.69, 9.17) is 4.74 Å². The van der Waals surface area contributed by atoms with E-state index in [1.807, 2.05) is 60.5 Å². The van der Waals surface area contributed by atoms with Gasteiger partial charge in [-0.1, -0.05) is 12.1 Å². The number of anilines is 3. The first-order chi connectivity index (χ1) is 9.70. The third kappa shape index (κ3) is 1.99. The van der Waals surface area contributed by atoms with Crippen molar-refractivity contribution in [2.24, 2.45) is 0 Å². The summed E-state index contributed by atoms with van der Waals surface area (Å²) in [4.78, 5) is 15.9. The van der Waals surface area contributed by atoms with Crippen molar-refractivity contribution in [3.63, 3.8) is 0 Å². The van der Waals surface area contributed by atoms with Crippen LogP contribution in [-0.2, 0) is 4.79 Å². The van der Waals surface area contributed by atoms with Gasteiger partial charge in [0.2, 0.25) is 5.91 Å². The van der Waals surface area contributed by atoms with Gasteiger partial charge in [0, 0.05) is 12.7 Å². The molecule has 4 heteroatoms. The Morgan fingerprint density at radius 1 is 1.00 bits per heavy atom. The molecular formula is C16H16N2O2. The molecule has 0 saturated heterocycles. The van der Waals surface area contributed by atoms with Gasteiger partial charge < -0.3 is 14.5 Å². The van der Waals surface area contributed by atoms with Crippen molar-refractivity contribution in [1.82, 2.24) is 0 Å². The third-order valence-corrected chi connectivity index (χ3v) is 3.59. The number of methoxy groups -OCH3 is 1. The van der Waals surface area contributed by atoms with E-state index < -0.39 is 0 Å². The third-order valence-electron chi connectivity index (χ3n) is 3.59. The number of amides is 1. The highest BCUT2D eigenvalue weighted by molar-refractivity contribution is 6.04. The highest BCUT2D eigenvalue weighted by Gasteiger charge is 2.27. The monoisotopic (exact) mass is 268 g/mol. The molecule has 3 rings (SSSR count). The maximum absolute atomic E-state index is 12.1. The quantitative estimate of drug-likeness (QED) is 0.839. The second kappa shape index (κ2) is 4.89. The lowest BCUT2D eigenvalue weighted by Crippen LogP contribution is -2.41. The maximum Gasteiger partial charge on any atom is 0.246 e. The standard InChI is InChI=1S/C16H16N2O2/c1-17-14-5-3-4-6-15(14)18(11-16(17)19)12-7-9-13(20-2)10-8-12/h3-10H,11H2,1-2H3. The molecule has 0 spiro atoms. The Morgan fingerprint density at radius 2 is 1.65 bits per heavy atom. The lowest BCUT2D eigenvalue weighted by molar-refractivity contribution is -0.117. The molecule has 20 heavy (non-hydrogen) atoms. The molecule has 0 N–H and O–H groups in total. The fourth-order valence-corrected chi connectivity index (χ4v) is 2.43. The molecular weight excluding hydrogens is 252 g/mol. The van der Waals surface area contributed by atoms with E-state index in [1.165, 1.54) is 0 Å². The molecule has 0 atom stereocenters. The molecule has 0 aromatic heterocycles. The summed E-state index contributed by atoms with van der Waals surface area (Å²) in [6, 6.07) is 15.7. The van der Waals surface area contributed by atoms with Gasteiger partial charge in [-0.3, -0.25) is 4.79 Å². The molecule has 0 saturated carbocycles. The van der Waals surface area contributed by atoms with Crippen LogP contribution in [-0.4, -0.2) is 26.6 Å². The molecule has 0 fully saturated rings. The van der Waals surface area contributed by atoms with E-state index in [9.17, 15) is 4.79 Å². The van der Waals surface area contributed by atoms with Crippen LogP contribution in [0.3, 0.4) is 0 Å². The van der Waals surface area contributed by atoms with Crippen molar-refractivity contribution < 1.29 is 9.53 Å².